The van der Waals surface area contributed by atoms with Crippen molar-refractivity contribution in [2.24, 2.45) is 0 Å². The van der Waals surface area contributed by atoms with E-state index in [0.717, 1.165) is 0 Å². The summed E-state index contributed by atoms with van der Waals surface area (Å²) in [5.74, 6) is -0.326. The average Bonchev–Trinajstić information content (AvgIpc) is 2.26. The molecule has 0 radical (unpaired) electrons. The zero-order valence-corrected chi connectivity index (χ0v) is 10.3. The van der Waals surface area contributed by atoms with Crippen LogP contribution in [0.4, 0.5) is 13.2 Å². The Morgan fingerprint density at radius 2 is 1.95 bits per heavy atom. The van der Waals surface area contributed by atoms with Crippen molar-refractivity contribution in [2.75, 3.05) is 0 Å². The summed E-state index contributed by atoms with van der Waals surface area (Å²) in [5, 5.41) is 10.1. The SMILES string of the molecule is Cc1cc(C(C)O)c2cc(OC(F)(F)F)ccc2n1. The molecule has 0 aliphatic carbocycles. The molecule has 2 aromatic rings. The number of hydrogen-bond donors (Lipinski definition) is 1. The summed E-state index contributed by atoms with van der Waals surface area (Å²) in [7, 11) is 0. The summed E-state index contributed by atoms with van der Waals surface area (Å²) in [5.41, 5.74) is 1.73. The van der Waals surface area contributed by atoms with Gasteiger partial charge in [-0.1, -0.05) is 0 Å². The van der Waals surface area contributed by atoms with Crippen LogP contribution in [-0.4, -0.2) is 16.5 Å². The molecule has 0 aliphatic rings. The lowest BCUT2D eigenvalue weighted by molar-refractivity contribution is -0.274. The molecule has 0 fully saturated rings. The number of fused-ring (bicyclic) bond motifs is 1. The highest BCUT2D eigenvalue weighted by Crippen LogP contribution is 2.30. The number of aromatic nitrogens is 1. The van der Waals surface area contributed by atoms with Gasteiger partial charge in [0, 0.05) is 11.1 Å². The predicted molar refractivity (Wildman–Crippen MR) is 63.8 cm³/mol. The molecule has 0 aliphatic heterocycles. The van der Waals surface area contributed by atoms with Crippen LogP contribution in [0, 0.1) is 6.92 Å². The highest BCUT2D eigenvalue weighted by molar-refractivity contribution is 5.84. The summed E-state index contributed by atoms with van der Waals surface area (Å²) in [6.45, 7) is 3.30. The largest absolute Gasteiger partial charge is 0.573 e. The van der Waals surface area contributed by atoms with Gasteiger partial charge in [-0.05, 0) is 43.7 Å². The van der Waals surface area contributed by atoms with Gasteiger partial charge in [-0.15, -0.1) is 13.2 Å². The number of aliphatic hydroxyl groups is 1. The fourth-order valence-electron chi connectivity index (χ4n) is 1.91. The van der Waals surface area contributed by atoms with Gasteiger partial charge < -0.3 is 9.84 Å². The van der Waals surface area contributed by atoms with E-state index in [1.54, 1.807) is 19.9 Å². The van der Waals surface area contributed by atoms with E-state index in [4.69, 9.17) is 0 Å². The quantitative estimate of drug-likeness (QED) is 0.909. The van der Waals surface area contributed by atoms with Gasteiger partial charge in [-0.25, -0.2) is 0 Å². The van der Waals surface area contributed by atoms with Gasteiger partial charge in [0.2, 0.25) is 0 Å². The number of halogens is 3. The summed E-state index contributed by atoms with van der Waals surface area (Å²) >= 11 is 0. The van der Waals surface area contributed by atoms with Crippen molar-refractivity contribution in [3.05, 3.63) is 35.5 Å². The Kier molecular flexibility index (Phi) is 3.36. The number of ether oxygens (including phenoxy) is 1. The molecule has 6 heteroatoms. The molecule has 1 aromatic carbocycles. The van der Waals surface area contributed by atoms with Crippen LogP contribution in [0.3, 0.4) is 0 Å². The molecule has 0 amide bonds. The number of aliphatic hydroxyl groups excluding tert-OH is 1. The minimum Gasteiger partial charge on any atom is -0.406 e. The van der Waals surface area contributed by atoms with E-state index in [1.165, 1.54) is 18.2 Å². The molecule has 1 heterocycles. The van der Waals surface area contributed by atoms with Gasteiger partial charge in [-0.3, -0.25) is 4.98 Å². The Balaban J connectivity index is 2.57. The average molecular weight is 271 g/mol. The number of pyridine rings is 1. The van der Waals surface area contributed by atoms with Gasteiger partial charge in [-0.2, -0.15) is 0 Å². The van der Waals surface area contributed by atoms with Crippen molar-refractivity contribution in [3.8, 4) is 5.75 Å². The highest BCUT2D eigenvalue weighted by Gasteiger charge is 2.31. The zero-order valence-electron chi connectivity index (χ0n) is 10.3. The fraction of sp³-hybridized carbons (Fsp3) is 0.308. The monoisotopic (exact) mass is 271 g/mol. The molecule has 102 valence electrons. The third kappa shape index (κ3) is 3.14. The Labute approximate surface area is 107 Å². The molecule has 0 saturated heterocycles. The van der Waals surface area contributed by atoms with E-state index in [2.05, 4.69) is 9.72 Å². The summed E-state index contributed by atoms with van der Waals surface area (Å²) in [6, 6.07) is 5.52. The first kappa shape index (κ1) is 13.6. The lowest BCUT2D eigenvalue weighted by atomic mass is 10.0. The minimum atomic E-state index is -4.74. The third-order valence-corrected chi connectivity index (χ3v) is 2.62. The summed E-state index contributed by atoms with van der Waals surface area (Å²) in [6.07, 6.45) is -5.54. The van der Waals surface area contributed by atoms with Crippen LogP contribution in [0.1, 0.15) is 24.3 Å². The zero-order chi connectivity index (χ0) is 14.2. The topological polar surface area (TPSA) is 42.4 Å². The standard InChI is InChI=1S/C13H12F3NO2/c1-7-5-10(8(2)18)11-6-9(19-13(14,15)16)3-4-12(11)17-7/h3-6,8,18H,1-2H3. The maximum absolute atomic E-state index is 12.2. The Hall–Kier alpha value is -1.82. The van der Waals surface area contributed by atoms with Crippen molar-refractivity contribution in [3.63, 3.8) is 0 Å². The minimum absolute atomic E-state index is 0.326. The number of hydrogen-bond acceptors (Lipinski definition) is 3. The molecular formula is C13H12F3NO2. The second-order valence-corrected chi connectivity index (χ2v) is 4.26. The Morgan fingerprint density at radius 3 is 2.53 bits per heavy atom. The third-order valence-electron chi connectivity index (χ3n) is 2.62. The molecule has 3 nitrogen and oxygen atoms in total. The van der Waals surface area contributed by atoms with Crippen molar-refractivity contribution in [2.45, 2.75) is 26.3 Å². The first-order valence-electron chi connectivity index (χ1n) is 5.61. The lowest BCUT2D eigenvalue weighted by Gasteiger charge is -2.13. The van der Waals surface area contributed by atoms with Gasteiger partial charge in [0.1, 0.15) is 5.75 Å². The molecule has 1 atom stereocenters. The highest BCUT2D eigenvalue weighted by atomic mass is 19.4. The van der Waals surface area contributed by atoms with E-state index in [9.17, 15) is 18.3 Å². The number of benzene rings is 1. The molecule has 1 N–H and O–H groups in total. The molecule has 2 rings (SSSR count). The number of alkyl halides is 3. The fourth-order valence-corrected chi connectivity index (χ4v) is 1.91. The normalized spacial score (nSPS) is 13.6. The second kappa shape index (κ2) is 4.70. The van der Waals surface area contributed by atoms with E-state index in [-0.39, 0.29) is 5.75 Å². The molecule has 1 unspecified atom stereocenters. The molecule has 0 bridgehead atoms. The van der Waals surface area contributed by atoms with Gasteiger partial charge >= 0.3 is 6.36 Å². The maximum Gasteiger partial charge on any atom is 0.573 e. The molecular weight excluding hydrogens is 259 g/mol. The van der Waals surface area contributed by atoms with Gasteiger partial charge in [0.15, 0.2) is 0 Å². The van der Waals surface area contributed by atoms with Gasteiger partial charge in [0.05, 0.1) is 11.6 Å². The van der Waals surface area contributed by atoms with E-state index < -0.39 is 12.5 Å². The van der Waals surface area contributed by atoms with Crippen LogP contribution in [0.5, 0.6) is 5.75 Å². The van der Waals surface area contributed by atoms with E-state index in [0.29, 0.717) is 22.2 Å². The second-order valence-electron chi connectivity index (χ2n) is 4.26. The summed E-state index contributed by atoms with van der Waals surface area (Å²) in [4.78, 5) is 4.21. The molecule has 0 saturated carbocycles. The first-order chi connectivity index (χ1) is 8.76. The Morgan fingerprint density at radius 1 is 1.26 bits per heavy atom. The van der Waals surface area contributed by atoms with Gasteiger partial charge in [0.25, 0.3) is 0 Å². The van der Waals surface area contributed by atoms with Crippen molar-refractivity contribution < 1.29 is 23.0 Å². The van der Waals surface area contributed by atoms with Crippen LogP contribution in [0.15, 0.2) is 24.3 Å². The van der Waals surface area contributed by atoms with E-state index >= 15 is 0 Å². The van der Waals surface area contributed by atoms with Crippen LogP contribution in [-0.2, 0) is 0 Å². The van der Waals surface area contributed by atoms with Crippen molar-refractivity contribution in [1.29, 1.82) is 0 Å². The van der Waals surface area contributed by atoms with Crippen LogP contribution < -0.4 is 4.74 Å². The van der Waals surface area contributed by atoms with Crippen LogP contribution in [0.25, 0.3) is 10.9 Å². The molecule has 1 aromatic heterocycles. The summed E-state index contributed by atoms with van der Waals surface area (Å²) < 4.78 is 40.4. The molecule has 19 heavy (non-hydrogen) atoms. The van der Waals surface area contributed by atoms with Crippen molar-refractivity contribution >= 4 is 10.9 Å². The lowest BCUT2D eigenvalue weighted by Crippen LogP contribution is -2.17. The van der Waals surface area contributed by atoms with Crippen LogP contribution in [0.2, 0.25) is 0 Å². The molecule has 0 spiro atoms. The predicted octanol–water partition coefficient (Wildman–Crippen LogP) is 3.50. The first-order valence-corrected chi connectivity index (χ1v) is 5.61. The maximum atomic E-state index is 12.2. The van der Waals surface area contributed by atoms with Crippen molar-refractivity contribution in [1.82, 2.24) is 4.98 Å². The Bertz CT molecular complexity index is 609. The van der Waals surface area contributed by atoms with E-state index in [1.807, 2.05) is 0 Å². The van der Waals surface area contributed by atoms with Crippen LogP contribution >= 0.6 is 0 Å². The number of rotatable bonds is 2. The number of aryl methyl sites for hydroxylation is 1. The smallest absolute Gasteiger partial charge is 0.406 e. The number of nitrogens with zero attached hydrogens (tertiary/aromatic N) is 1.